The zero-order chi connectivity index (χ0) is 14.9. The van der Waals surface area contributed by atoms with Crippen LogP contribution in [0.5, 0.6) is 0 Å². The van der Waals surface area contributed by atoms with Gasteiger partial charge in [0.25, 0.3) is 0 Å². The molecule has 20 heavy (non-hydrogen) atoms. The normalized spacial score (nSPS) is 20.2. The molecular weight excluding hydrogens is 370 g/mol. The fourth-order valence-electron chi connectivity index (χ4n) is 2.34. The van der Waals surface area contributed by atoms with Crippen molar-refractivity contribution in [2.75, 3.05) is 6.54 Å². The highest BCUT2D eigenvalue weighted by molar-refractivity contribution is 9.10. The number of benzene rings is 1. The van der Waals surface area contributed by atoms with Gasteiger partial charge in [-0.25, -0.2) is 8.42 Å². The molecule has 1 aromatic rings. The van der Waals surface area contributed by atoms with Gasteiger partial charge in [-0.3, -0.25) is 4.79 Å². The van der Waals surface area contributed by atoms with E-state index in [1.165, 1.54) is 16.4 Å². The Labute approximate surface area is 130 Å². The van der Waals surface area contributed by atoms with Gasteiger partial charge in [-0.15, -0.1) is 0 Å². The molecule has 1 heterocycles. The lowest BCUT2D eigenvalue weighted by Crippen LogP contribution is -2.36. The van der Waals surface area contributed by atoms with Crippen molar-refractivity contribution in [3.8, 4) is 0 Å². The minimum atomic E-state index is -3.76. The maximum Gasteiger partial charge on any atom is 0.304 e. The fraction of sp³-hybridized carbons (Fsp3) is 0.417. The van der Waals surface area contributed by atoms with E-state index in [1.54, 1.807) is 6.07 Å². The molecule has 0 amide bonds. The standard InChI is InChI=1S/C12H13BrClNO4S/c13-8-3-4-11(10(14)6-8)20(18,19)15-5-1-2-9(15)7-12(16)17/h3-4,6,9H,1-2,5,7H2,(H,16,17). The van der Waals surface area contributed by atoms with Crippen LogP contribution in [0.2, 0.25) is 5.02 Å². The summed E-state index contributed by atoms with van der Waals surface area (Å²) in [5.74, 6) is -1.00. The third kappa shape index (κ3) is 3.16. The first-order valence-corrected chi connectivity index (χ1v) is 8.62. The molecule has 1 N–H and O–H groups in total. The van der Waals surface area contributed by atoms with Crippen molar-refractivity contribution in [3.63, 3.8) is 0 Å². The monoisotopic (exact) mass is 381 g/mol. The minimum Gasteiger partial charge on any atom is -0.481 e. The molecular formula is C12H13BrClNO4S. The number of hydrogen-bond acceptors (Lipinski definition) is 3. The van der Waals surface area contributed by atoms with Gasteiger partial charge in [-0.2, -0.15) is 4.31 Å². The number of nitrogens with zero attached hydrogens (tertiary/aromatic N) is 1. The van der Waals surface area contributed by atoms with Gasteiger partial charge < -0.3 is 5.11 Å². The summed E-state index contributed by atoms with van der Waals surface area (Å²) in [4.78, 5) is 10.8. The Morgan fingerprint density at radius 1 is 1.50 bits per heavy atom. The molecule has 0 aromatic heterocycles. The van der Waals surface area contributed by atoms with E-state index in [0.29, 0.717) is 23.9 Å². The second-order valence-electron chi connectivity index (χ2n) is 4.58. The van der Waals surface area contributed by atoms with Gasteiger partial charge in [0.2, 0.25) is 10.0 Å². The molecule has 8 heteroatoms. The predicted octanol–water partition coefficient (Wildman–Crippen LogP) is 2.73. The van der Waals surface area contributed by atoms with Crippen molar-refractivity contribution < 1.29 is 18.3 Å². The summed E-state index contributed by atoms with van der Waals surface area (Å²) < 4.78 is 27.1. The molecule has 0 saturated carbocycles. The van der Waals surface area contributed by atoms with Crippen molar-refractivity contribution in [3.05, 3.63) is 27.7 Å². The van der Waals surface area contributed by atoms with E-state index in [9.17, 15) is 13.2 Å². The largest absolute Gasteiger partial charge is 0.481 e. The maximum atomic E-state index is 12.6. The molecule has 1 aromatic carbocycles. The highest BCUT2D eigenvalue weighted by atomic mass is 79.9. The Morgan fingerprint density at radius 2 is 2.20 bits per heavy atom. The minimum absolute atomic E-state index is 0.0136. The summed E-state index contributed by atoms with van der Waals surface area (Å²) in [5, 5.41) is 8.99. The first-order chi connectivity index (χ1) is 9.32. The van der Waals surface area contributed by atoms with E-state index in [0.717, 1.165) is 0 Å². The van der Waals surface area contributed by atoms with Crippen LogP contribution in [-0.4, -0.2) is 36.4 Å². The topological polar surface area (TPSA) is 74.7 Å². The highest BCUT2D eigenvalue weighted by Crippen LogP contribution is 2.32. The molecule has 1 aliphatic heterocycles. The van der Waals surface area contributed by atoms with Gasteiger partial charge in [0, 0.05) is 17.1 Å². The fourth-order valence-corrected chi connectivity index (χ4v) is 5.05. The third-order valence-corrected chi connectivity index (χ3v) is 6.14. The van der Waals surface area contributed by atoms with Crippen LogP contribution in [0.15, 0.2) is 27.6 Å². The number of aliphatic carboxylic acids is 1. The van der Waals surface area contributed by atoms with Gasteiger partial charge in [0.05, 0.1) is 11.4 Å². The van der Waals surface area contributed by atoms with Crippen LogP contribution in [0.25, 0.3) is 0 Å². The zero-order valence-corrected chi connectivity index (χ0v) is 13.6. The lowest BCUT2D eigenvalue weighted by atomic mass is 10.2. The average Bonchev–Trinajstić information content (AvgIpc) is 2.76. The number of carboxylic acid groups (broad SMARTS) is 1. The summed E-state index contributed by atoms with van der Waals surface area (Å²) in [5.41, 5.74) is 0. The first kappa shape index (κ1) is 15.8. The highest BCUT2D eigenvalue weighted by Gasteiger charge is 2.37. The number of sulfonamides is 1. The van der Waals surface area contributed by atoms with Crippen molar-refractivity contribution in [2.45, 2.75) is 30.2 Å². The molecule has 0 spiro atoms. The van der Waals surface area contributed by atoms with Gasteiger partial charge >= 0.3 is 5.97 Å². The number of carbonyl (C=O) groups is 1. The number of carboxylic acids is 1. The third-order valence-electron chi connectivity index (χ3n) is 3.21. The van der Waals surface area contributed by atoms with Crippen molar-refractivity contribution in [1.29, 1.82) is 0 Å². The van der Waals surface area contributed by atoms with Crippen LogP contribution in [0, 0.1) is 0 Å². The van der Waals surface area contributed by atoms with Crippen LogP contribution < -0.4 is 0 Å². The second kappa shape index (κ2) is 6.01. The first-order valence-electron chi connectivity index (χ1n) is 6.01. The van der Waals surface area contributed by atoms with E-state index >= 15 is 0 Å². The van der Waals surface area contributed by atoms with Crippen molar-refractivity contribution >= 4 is 43.5 Å². The van der Waals surface area contributed by atoms with Gasteiger partial charge in [-0.05, 0) is 31.0 Å². The number of halogens is 2. The maximum absolute atomic E-state index is 12.6. The Kier molecular flexibility index (Phi) is 4.73. The second-order valence-corrected chi connectivity index (χ2v) is 7.77. The Balaban J connectivity index is 2.36. The van der Waals surface area contributed by atoms with Gasteiger partial charge in [0.1, 0.15) is 4.90 Å². The van der Waals surface area contributed by atoms with Gasteiger partial charge in [0.15, 0.2) is 0 Å². The lowest BCUT2D eigenvalue weighted by Gasteiger charge is -2.23. The van der Waals surface area contributed by atoms with E-state index < -0.39 is 22.0 Å². The molecule has 1 unspecified atom stereocenters. The molecule has 110 valence electrons. The molecule has 1 aliphatic rings. The average molecular weight is 383 g/mol. The van der Waals surface area contributed by atoms with Crippen molar-refractivity contribution in [1.82, 2.24) is 4.31 Å². The molecule has 0 bridgehead atoms. The van der Waals surface area contributed by atoms with Crippen LogP contribution in [0.3, 0.4) is 0 Å². The lowest BCUT2D eigenvalue weighted by molar-refractivity contribution is -0.137. The summed E-state index contributed by atoms with van der Waals surface area (Å²) in [7, 11) is -3.76. The summed E-state index contributed by atoms with van der Waals surface area (Å²) in [6.45, 7) is 0.326. The quantitative estimate of drug-likeness (QED) is 0.869. The zero-order valence-electron chi connectivity index (χ0n) is 10.4. The molecule has 0 aliphatic carbocycles. The number of rotatable bonds is 4. The van der Waals surface area contributed by atoms with Crippen LogP contribution in [-0.2, 0) is 14.8 Å². The Bertz CT molecular complexity index is 634. The molecule has 1 atom stereocenters. The molecule has 1 fully saturated rings. The number of hydrogen-bond donors (Lipinski definition) is 1. The SMILES string of the molecule is O=C(O)CC1CCCN1S(=O)(=O)c1ccc(Br)cc1Cl. The molecule has 5 nitrogen and oxygen atoms in total. The van der Waals surface area contributed by atoms with Gasteiger partial charge in [-0.1, -0.05) is 27.5 Å². The summed E-state index contributed by atoms with van der Waals surface area (Å²) in [6.07, 6.45) is 1.03. The van der Waals surface area contributed by atoms with Crippen LogP contribution in [0.1, 0.15) is 19.3 Å². The Hall–Kier alpha value is -0.630. The predicted molar refractivity (Wildman–Crippen MR) is 78.3 cm³/mol. The smallest absolute Gasteiger partial charge is 0.304 e. The van der Waals surface area contributed by atoms with Crippen molar-refractivity contribution in [2.24, 2.45) is 0 Å². The Morgan fingerprint density at radius 3 is 2.80 bits per heavy atom. The van der Waals surface area contributed by atoms with E-state index in [2.05, 4.69) is 15.9 Å². The molecule has 1 saturated heterocycles. The molecule has 0 radical (unpaired) electrons. The van der Waals surface area contributed by atoms with E-state index in [-0.39, 0.29) is 16.3 Å². The summed E-state index contributed by atoms with van der Waals surface area (Å²) in [6, 6.07) is 4.03. The summed E-state index contributed by atoms with van der Waals surface area (Å²) >= 11 is 9.21. The van der Waals surface area contributed by atoms with E-state index in [1.807, 2.05) is 0 Å². The van der Waals surface area contributed by atoms with Crippen LogP contribution in [0.4, 0.5) is 0 Å². The van der Waals surface area contributed by atoms with Crippen LogP contribution >= 0.6 is 27.5 Å². The molecule has 2 rings (SSSR count). The van der Waals surface area contributed by atoms with E-state index in [4.69, 9.17) is 16.7 Å².